The molecular formula is C26H23N3O6. The molecule has 1 aliphatic carbocycles. The van der Waals surface area contributed by atoms with E-state index in [1.165, 1.54) is 17.2 Å². The summed E-state index contributed by atoms with van der Waals surface area (Å²) in [7, 11) is 0. The first-order chi connectivity index (χ1) is 17.0. The van der Waals surface area contributed by atoms with Crippen LogP contribution in [0, 0.1) is 0 Å². The average molecular weight is 473 g/mol. The molecule has 2 amide bonds. The summed E-state index contributed by atoms with van der Waals surface area (Å²) in [5, 5.41) is 11.7. The van der Waals surface area contributed by atoms with Crippen LogP contribution in [0.5, 0.6) is 0 Å². The molecule has 35 heavy (non-hydrogen) atoms. The Morgan fingerprint density at radius 3 is 2.34 bits per heavy atom. The number of benzene rings is 2. The van der Waals surface area contributed by atoms with Gasteiger partial charge >= 0.3 is 12.1 Å². The van der Waals surface area contributed by atoms with Crippen LogP contribution in [0.15, 0.2) is 66.9 Å². The molecule has 0 radical (unpaired) electrons. The summed E-state index contributed by atoms with van der Waals surface area (Å²) in [6.45, 7) is 0.565. The number of rotatable bonds is 5. The molecule has 1 saturated heterocycles. The van der Waals surface area contributed by atoms with Crippen LogP contribution in [0.2, 0.25) is 0 Å². The molecule has 1 unspecified atom stereocenters. The molecule has 5 rings (SSSR count). The highest BCUT2D eigenvalue weighted by Gasteiger charge is 2.30. The van der Waals surface area contributed by atoms with E-state index in [2.05, 4.69) is 22.4 Å². The van der Waals surface area contributed by atoms with Gasteiger partial charge in [-0.05, 0) is 34.4 Å². The van der Waals surface area contributed by atoms with Gasteiger partial charge in [-0.15, -0.1) is 0 Å². The van der Waals surface area contributed by atoms with Crippen molar-refractivity contribution < 1.29 is 29.0 Å². The van der Waals surface area contributed by atoms with E-state index in [4.69, 9.17) is 14.6 Å². The number of aromatic nitrogens is 1. The van der Waals surface area contributed by atoms with E-state index in [-0.39, 0.29) is 37.9 Å². The third kappa shape index (κ3) is 4.58. The molecule has 2 N–H and O–H groups in total. The summed E-state index contributed by atoms with van der Waals surface area (Å²) in [6, 6.07) is 19.2. The SMILES string of the molecule is O=C(Nc1ccc(C(=O)N2CCOC(C(=O)O)C2)nc1)OCC1c2ccccc2-c2ccccc21. The summed E-state index contributed by atoms with van der Waals surface area (Å²) in [6.07, 6.45) is -0.309. The van der Waals surface area contributed by atoms with Crippen molar-refractivity contribution >= 4 is 23.7 Å². The van der Waals surface area contributed by atoms with Gasteiger partial charge in [-0.2, -0.15) is 0 Å². The Morgan fingerprint density at radius 2 is 1.71 bits per heavy atom. The van der Waals surface area contributed by atoms with Gasteiger partial charge in [0.2, 0.25) is 0 Å². The minimum absolute atomic E-state index is 0.0460. The van der Waals surface area contributed by atoms with E-state index in [0.29, 0.717) is 5.69 Å². The number of amides is 2. The van der Waals surface area contributed by atoms with Gasteiger partial charge in [0.05, 0.1) is 25.0 Å². The van der Waals surface area contributed by atoms with Crippen molar-refractivity contribution in [3.8, 4) is 11.1 Å². The molecule has 1 atom stereocenters. The van der Waals surface area contributed by atoms with E-state index in [1.807, 2.05) is 36.4 Å². The molecule has 178 valence electrons. The van der Waals surface area contributed by atoms with Crippen LogP contribution >= 0.6 is 0 Å². The molecule has 9 nitrogen and oxygen atoms in total. The van der Waals surface area contributed by atoms with Gasteiger partial charge in [-0.3, -0.25) is 10.1 Å². The first-order valence-electron chi connectivity index (χ1n) is 11.2. The number of pyridine rings is 1. The maximum Gasteiger partial charge on any atom is 0.411 e. The Labute approximate surface area is 201 Å². The smallest absolute Gasteiger partial charge is 0.411 e. The lowest BCUT2D eigenvalue weighted by Crippen LogP contribution is -2.48. The van der Waals surface area contributed by atoms with Gasteiger partial charge in [0.15, 0.2) is 6.10 Å². The lowest BCUT2D eigenvalue weighted by Gasteiger charge is -2.30. The third-order valence-electron chi connectivity index (χ3n) is 6.20. The number of carboxylic acid groups (broad SMARTS) is 1. The third-order valence-corrected chi connectivity index (χ3v) is 6.20. The van der Waals surface area contributed by atoms with Gasteiger partial charge in [-0.25, -0.2) is 14.6 Å². The number of ether oxygens (including phenoxy) is 2. The largest absolute Gasteiger partial charge is 0.479 e. The van der Waals surface area contributed by atoms with Crippen molar-refractivity contribution in [2.24, 2.45) is 0 Å². The lowest BCUT2D eigenvalue weighted by atomic mass is 9.98. The number of carboxylic acids is 1. The molecule has 1 aliphatic heterocycles. The Kier molecular flexibility index (Phi) is 6.15. The maximum absolute atomic E-state index is 12.7. The molecule has 0 bridgehead atoms. The summed E-state index contributed by atoms with van der Waals surface area (Å²) in [5.74, 6) is -1.56. The van der Waals surface area contributed by atoms with Crippen LogP contribution < -0.4 is 5.32 Å². The maximum atomic E-state index is 12.7. The molecule has 1 aromatic heterocycles. The van der Waals surface area contributed by atoms with Crippen molar-refractivity contribution in [1.82, 2.24) is 9.88 Å². The molecule has 9 heteroatoms. The zero-order valence-electron chi connectivity index (χ0n) is 18.7. The Morgan fingerprint density at radius 1 is 1.03 bits per heavy atom. The van der Waals surface area contributed by atoms with Crippen molar-refractivity contribution in [3.05, 3.63) is 83.7 Å². The highest BCUT2D eigenvalue weighted by Crippen LogP contribution is 2.44. The summed E-state index contributed by atoms with van der Waals surface area (Å²) >= 11 is 0. The first kappa shape index (κ1) is 22.5. The number of morpholine rings is 1. The number of hydrogen-bond acceptors (Lipinski definition) is 6. The average Bonchev–Trinajstić information content (AvgIpc) is 3.21. The Balaban J connectivity index is 1.19. The van der Waals surface area contributed by atoms with E-state index >= 15 is 0 Å². The van der Waals surface area contributed by atoms with Crippen molar-refractivity contribution in [2.75, 3.05) is 31.6 Å². The van der Waals surface area contributed by atoms with Crippen LogP contribution in [-0.2, 0) is 14.3 Å². The summed E-state index contributed by atoms with van der Waals surface area (Å²) in [4.78, 5) is 41.8. The second-order valence-corrected chi connectivity index (χ2v) is 8.33. The molecule has 2 heterocycles. The normalized spacial score (nSPS) is 16.8. The van der Waals surface area contributed by atoms with Crippen LogP contribution in [-0.4, -0.2) is 65.4 Å². The predicted molar refractivity (Wildman–Crippen MR) is 126 cm³/mol. The zero-order chi connectivity index (χ0) is 24.4. The number of anilines is 1. The summed E-state index contributed by atoms with van der Waals surface area (Å²) in [5.41, 5.74) is 5.07. The Bertz CT molecular complexity index is 1230. The van der Waals surface area contributed by atoms with Gasteiger partial charge in [-0.1, -0.05) is 48.5 Å². The number of fused-ring (bicyclic) bond motifs is 3. The highest BCUT2D eigenvalue weighted by atomic mass is 16.5. The number of nitrogens with zero attached hydrogens (tertiary/aromatic N) is 2. The molecule has 2 aliphatic rings. The van der Waals surface area contributed by atoms with E-state index in [9.17, 15) is 14.4 Å². The van der Waals surface area contributed by atoms with Crippen molar-refractivity contribution in [3.63, 3.8) is 0 Å². The fourth-order valence-corrected chi connectivity index (χ4v) is 4.49. The zero-order valence-corrected chi connectivity index (χ0v) is 18.7. The fourth-order valence-electron chi connectivity index (χ4n) is 4.49. The van der Waals surface area contributed by atoms with Gasteiger partial charge in [0.1, 0.15) is 12.3 Å². The minimum atomic E-state index is -1.11. The second-order valence-electron chi connectivity index (χ2n) is 8.33. The number of hydrogen-bond donors (Lipinski definition) is 2. The van der Waals surface area contributed by atoms with Crippen molar-refractivity contribution in [1.29, 1.82) is 0 Å². The van der Waals surface area contributed by atoms with Crippen LogP contribution in [0.1, 0.15) is 27.5 Å². The molecule has 0 spiro atoms. The molecule has 0 saturated carbocycles. The second kappa shape index (κ2) is 9.55. The minimum Gasteiger partial charge on any atom is -0.479 e. The van der Waals surface area contributed by atoms with Crippen molar-refractivity contribution in [2.45, 2.75) is 12.0 Å². The van der Waals surface area contributed by atoms with Gasteiger partial charge < -0.3 is 19.5 Å². The topological polar surface area (TPSA) is 118 Å². The van der Waals surface area contributed by atoms with E-state index in [1.54, 1.807) is 6.07 Å². The number of carbonyl (C=O) groups excluding carboxylic acids is 2. The van der Waals surface area contributed by atoms with Crippen LogP contribution in [0.4, 0.5) is 10.5 Å². The van der Waals surface area contributed by atoms with Crippen LogP contribution in [0.3, 0.4) is 0 Å². The summed E-state index contributed by atoms with van der Waals surface area (Å²) < 4.78 is 10.7. The monoisotopic (exact) mass is 473 g/mol. The van der Waals surface area contributed by atoms with E-state index in [0.717, 1.165) is 22.3 Å². The van der Waals surface area contributed by atoms with E-state index < -0.39 is 24.1 Å². The Hall–Kier alpha value is -4.24. The van der Waals surface area contributed by atoms with Crippen LogP contribution in [0.25, 0.3) is 11.1 Å². The quantitative estimate of drug-likeness (QED) is 0.583. The number of nitrogens with one attached hydrogen (secondary N) is 1. The highest BCUT2D eigenvalue weighted by molar-refractivity contribution is 5.93. The lowest BCUT2D eigenvalue weighted by molar-refractivity contribution is -0.154. The fraction of sp³-hybridized carbons (Fsp3) is 0.231. The predicted octanol–water partition coefficient (Wildman–Crippen LogP) is 3.37. The molecule has 3 aromatic rings. The number of aliphatic carboxylic acids is 1. The molecule has 2 aromatic carbocycles. The standard InChI is InChI=1S/C26H23N3O6/c30-24(29-11-12-34-23(14-29)25(31)32)22-10-9-16(13-27-22)28-26(33)35-15-21-19-7-3-1-5-17(19)18-6-2-4-8-20(18)21/h1-10,13,21,23H,11-12,14-15H2,(H,28,33)(H,31,32). The van der Waals surface area contributed by atoms with Gasteiger partial charge in [0.25, 0.3) is 5.91 Å². The molecular weight excluding hydrogens is 450 g/mol. The molecule has 1 fully saturated rings. The van der Waals surface area contributed by atoms with Gasteiger partial charge in [0, 0.05) is 12.5 Å². The first-order valence-corrected chi connectivity index (χ1v) is 11.2. The number of carbonyl (C=O) groups is 3.